The molecule has 0 atom stereocenters. The monoisotopic (exact) mass is 259 g/mol. The number of phenols is 1. The topological polar surface area (TPSA) is 50.4 Å². The van der Waals surface area contributed by atoms with E-state index in [1.54, 1.807) is 22.7 Å². The van der Waals surface area contributed by atoms with Crippen molar-refractivity contribution in [2.24, 2.45) is 0 Å². The standard InChI is InChI=1S/C13H10ClN3O/c14-11-2-1-3-13-15-12(16-17(11)13)8-9-4-6-10(18)7-5-9/h1-7,18H,8H2. The van der Waals surface area contributed by atoms with Gasteiger partial charge in [0.25, 0.3) is 0 Å². The van der Waals surface area contributed by atoms with Crippen LogP contribution in [0, 0.1) is 0 Å². The summed E-state index contributed by atoms with van der Waals surface area (Å²) >= 11 is 6.02. The van der Waals surface area contributed by atoms with Crippen LogP contribution in [-0.2, 0) is 6.42 Å². The van der Waals surface area contributed by atoms with Gasteiger partial charge in [0.05, 0.1) is 0 Å². The molecular formula is C13H10ClN3O. The molecule has 1 N–H and O–H groups in total. The smallest absolute Gasteiger partial charge is 0.157 e. The predicted octanol–water partition coefficient (Wildman–Crippen LogP) is 2.68. The van der Waals surface area contributed by atoms with E-state index in [4.69, 9.17) is 11.6 Å². The lowest BCUT2D eigenvalue weighted by Crippen LogP contribution is -1.92. The number of aromatic nitrogens is 3. The molecule has 0 bridgehead atoms. The molecule has 2 heterocycles. The first-order chi connectivity index (χ1) is 8.72. The first kappa shape index (κ1) is 11.0. The van der Waals surface area contributed by atoms with E-state index in [1.165, 1.54) is 0 Å². The number of hydrogen-bond acceptors (Lipinski definition) is 3. The number of halogens is 1. The second-order valence-corrected chi connectivity index (χ2v) is 4.38. The Morgan fingerprint density at radius 1 is 1.11 bits per heavy atom. The van der Waals surface area contributed by atoms with E-state index in [9.17, 15) is 5.11 Å². The molecule has 18 heavy (non-hydrogen) atoms. The SMILES string of the molecule is Oc1ccc(Cc2nc3cccc(Cl)n3n2)cc1. The molecule has 0 spiro atoms. The summed E-state index contributed by atoms with van der Waals surface area (Å²) in [6, 6.07) is 12.5. The normalized spacial score (nSPS) is 10.9. The summed E-state index contributed by atoms with van der Waals surface area (Å²) in [7, 11) is 0. The third-order valence-corrected chi connectivity index (χ3v) is 2.94. The summed E-state index contributed by atoms with van der Waals surface area (Å²) in [6.45, 7) is 0. The van der Waals surface area contributed by atoms with Crippen molar-refractivity contribution in [2.75, 3.05) is 0 Å². The van der Waals surface area contributed by atoms with Crippen molar-refractivity contribution < 1.29 is 5.11 Å². The molecular weight excluding hydrogens is 250 g/mol. The number of hydrogen-bond donors (Lipinski definition) is 1. The van der Waals surface area contributed by atoms with Gasteiger partial charge in [-0.25, -0.2) is 9.50 Å². The predicted molar refractivity (Wildman–Crippen MR) is 68.9 cm³/mol. The Kier molecular flexibility index (Phi) is 2.64. The number of benzene rings is 1. The van der Waals surface area contributed by atoms with E-state index in [1.807, 2.05) is 24.3 Å². The van der Waals surface area contributed by atoms with E-state index in [0.29, 0.717) is 17.4 Å². The summed E-state index contributed by atoms with van der Waals surface area (Å²) in [5.41, 5.74) is 1.77. The minimum atomic E-state index is 0.254. The van der Waals surface area contributed by atoms with Crippen molar-refractivity contribution in [1.29, 1.82) is 0 Å². The van der Waals surface area contributed by atoms with E-state index in [0.717, 1.165) is 11.2 Å². The molecule has 0 amide bonds. The molecule has 0 aliphatic rings. The van der Waals surface area contributed by atoms with Crippen LogP contribution >= 0.6 is 11.6 Å². The fraction of sp³-hybridized carbons (Fsp3) is 0.0769. The zero-order chi connectivity index (χ0) is 12.5. The number of fused-ring (bicyclic) bond motifs is 1. The molecule has 5 heteroatoms. The third-order valence-electron chi connectivity index (χ3n) is 2.66. The molecule has 4 nitrogen and oxygen atoms in total. The van der Waals surface area contributed by atoms with Gasteiger partial charge in [0.2, 0.25) is 0 Å². The summed E-state index contributed by atoms with van der Waals surface area (Å²) in [6.07, 6.45) is 0.609. The van der Waals surface area contributed by atoms with E-state index < -0.39 is 0 Å². The van der Waals surface area contributed by atoms with Crippen LogP contribution in [0.25, 0.3) is 5.65 Å². The lowest BCUT2D eigenvalue weighted by molar-refractivity contribution is 0.475. The van der Waals surface area contributed by atoms with E-state index >= 15 is 0 Å². The fourth-order valence-electron chi connectivity index (χ4n) is 1.79. The highest BCUT2D eigenvalue weighted by atomic mass is 35.5. The summed E-state index contributed by atoms with van der Waals surface area (Å²) in [5, 5.41) is 14.1. The van der Waals surface area contributed by atoms with Crippen LogP contribution in [0.3, 0.4) is 0 Å². The van der Waals surface area contributed by atoms with Gasteiger partial charge in [-0.15, -0.1) is 5.10 Å². The van der Waals surface area contributed by atoms with Crippen molar-refractivity contribution in [3.05, 3.63) is 59.0 Å². The fourth-order valence-corrected chi connectivity index (χ4v) is 1.99. The highest BCUT2D eigenvalue weighted by Crippen LogP contribution is 2.15. The molecule has 0 saturated carbocycles. The molecule has 1 aromatic carbocycles. The Balaban J connectivity index is 1.95. The largest absolute Gasteiger partial charge is 0.508 e. The highest BCUT2D eigenvalue weighted by molar-refractivity contribution is 6.29. The molecule has 0 aliphatic heterocycles. The van der Waals surface area contributed by atoms with Gasteiger partial charge in [-0.3, -0.25) is 0 Å². The van der Waals surface area contributed by atoms with Crippen LogP contribution < -0.4 is 0 Å². The number of nitrogens with zero attached hydrogens (tertiary/aromatic N) is 3. The van der Waals surface area contributed by atoms with Crippen LogP contribution in [0.2, 0.25) is 5.15 Å². The van der Waals surface area contributed by atoms with E-state index in [-0.39, 0.29) is 5.75 Å². The Hall–Kier alpha value is -2.07. The average molecular weight is 260 g/mol. The second-order valence-electron chi connectivity index (χ2n) is 3.99. The van der Waals surface area contributed by atoms with Crippen LogP contribution in [0.4, 0.5) is 0 Å². The van der Waals surface area contributed by atoms with Gasteiger partial charge in [-0.05, 0) is 29.8 Å². The van der Waals surface area contributed by atoms with E-state index in [2.05, 4.69) is 10.1 Å². The van der Waals surface area contributed by atoms with Crippen molar-refractivity contribution in [3.8, 4) is 5.75 Å². The third kappa shape index (κ3) is 2.02. The molecule has 90 valence electrons. The maximum Gasteiger partial charge on any atom is 0.157 e. The summed E-state index contributed by atoms with van der Waals surface area (Å²) < 4.78 is 1.61. The quantitative estimate of drug-likeness (QED) is 0.720. The first-order valence-corrected chi connectivity index (χ1v) is 5.88. The van der Waals surface area contributed by atoms with Crippen molar-refractivity contribution in [3.63, 3.8) is 0 Å². The molecule has 0 radical (unpaired) electrons. The first-order valence-electron chi connectivity index (χ1n) is 5.50. The minimum absolute atomic E-state index is 0.254. The maximum atomic E-state index is 9.22. The van der Waals surface area contributed by atoms with Gasteiger partial charge >= 0.3 is 0 Å². The summed E-state index contributed by atoms with van der Waals surface area (Å²) in [4.78, 5) is 4.40. The molecule has 0 aliphatic carbocycles. The Bertz CT molecular complexity index is 691. The lowest BCUT2D eigenvalue weighted by atomic mass is 10.1. The highest BCUT2D eigenvalue weighted by Gasteiger charge is 2.06. The van der Waals surface area contributed by atoms with Gasteiger partial charge in [0.1, 0.15) is 10.9 Å². The number of pyridine rings is 1. The Morgan fingerprint density at radius 3 is 2.61 bits per heavy atom. The maximum absolute atomic E-state index is 9.22. The second kappa shape index (κ2) is 4.31. The van der Waals surface area contributed by atoms with Gasteiger partial charge in [0, 0.05) is 6.42 Å². The van der Waals surface area contributed by atoms with Crippen molar-refractivity contribution in [1.82, 2.24) is 14.6 Å². The molecule has 3 rings (SSSR count). The molecule has 0 unspecified atom stereocenters. The zero-order valence-corrected chi connectivity index (χ0v) is 10.2. The molecule has 2 aromatic heterocycles. The Labute approximate surface area is 108 Å². The number of aromatic hydroxyl groups is 1. The minimum Gasteiger partial charge on any atom is -0.508 e. The summed E-state index contributed by atoms with van der Waals surface area (Å²) in [5.74, 6) is 0.957. The molecule has 0 saturated heterocycles. The van der Waals surface area contributed by atoms with Crippen molar-refractivity contribution >= 4 is 17.2 Å². The zero-order valence-electron chi connectivity index (χ0n) is 9.42. The van der Waals surface area contributed by atoms with Gasteiger partial charge in [0.15, 0.2) is 11.5 Å². The van der Waals surface area contributed by atoms with Gasteiger partial charge in [-0.1, -0.05) is 29.8 Å². The lowest BCUT2D eigenvalue weighted by Gasteiger charge is -1.97. The van der Waals surface area contributed by atoms with Crippen LogP contribution in [-0.4, -0.2) is 19.7 Å². The molecule has 0 fully saturated rings. The van der Waals surface area contributed by atoms with Crippen LogP contribution in [0.5, 0.6) is 5.75 Å². The number of phenolic OH excluding ortho intramolecular Hbond substituents is 1. The Morgan fingerprint density at radius 2 is 1.89 bits per heavy atom. The number of rotatable bonds is 2. The van der Waals surface area contributed by atoms with Crippen molar-refractivity contribution in [2.45, 2.75) is 6.42 Å². The van der Waals surface area contributed by atoms with Crippen LogP contribution in [0.15, 0.2) is 42.5 Å². The average Bonchev–Trinajstić information content (AvgIpc) is 2.76. The van der Waals surface area contributed by atoms with Gasteiger partial charge < -0.3 is 5.11 Å². The molecule has 3 aromatic rings. The van der Waals surface area contributed by atoms with Gasteiger partial charge in [-0.2, -0.15) is 0 Å². The van der Waals surface area contributed by atoms with Crippen LogP contribution in [0.1, 0.15) is 11.4 Å².